The van der Waals surface area contributed by atoms with Gasteiger partial charge in [0.1, 0.15) is 5.82 Å². The van der Waals surface area contributed by atoms with Gasteiger partial charge in [0.05, 0.1) is 6.10 Å². The molecule has 2 rings (SSSR count). The van der Waals surface area contributed by atoms with E-state index in [0.717, 1.165) is 0 Å². The van der Waals surface area contributed by atoms with Crippen molar-refractivity contribution in [1.82, 2.24) is 13.9 Å². The molecule has 1 aliphatic rings. The Kier molecular flexibility index (Phi) is 2.77. The van der Waals surface area contributed by atoms with Gasteiger partial charge >= 0.3 is 0 Å². The Balaban J connectivity index is 2.32. The molecule has 16 heavy (non-hydrogen) atoms. The number of aliphatic hydroxyl groups is 1. The summed E-state index contributed by atoms with van der Waals surface area (Å²) in [5, 5.41) is 9.39. The van der Waals surface area contributed by atoms with Crippen molar-refractivity contribution in [1.29, 1.82) is 0 Å². The van der Waals surface area contributed by atoms with Gasteiger partial charge in [0.15, 0.2) is 5.03 Å². The lowest BCUT2D eigenvalue weighted by Crippen LogP contribution is -2.30. The number of sulfonamides is 1. The Morgan fingerprint density at radius 2 is 2.25 bits per heavy atom. The Morgan fingerprint density at radius 3 is 2.69 bits per heavy atom. The fraction of sp³-hybridized carbons (Fsp3) is 0.667. The monoisotopic (exact) mass is 245 g/mol. The molecule has 1 aromatic rings. The summed E-state index contributed by atoms with van der Waals surface area (Å²) >= 11 is 0. The summed E-state index contributed by atoms with van der Waals surface area (Å²) in [6, 6.07) is 0. The lowest BCUT2D eigenvalue weighted by Gasteiger charge is -2.13. The molecule has 1 N–H and O–H groups in total. The molecule has 0 aromatic carbocycles. The summed E-state index contributed by atoms with van der Waals surface area (Å²) in [4.78, 5) is 4.00. The van der Waals surface area contributed by atoms with Crippen molar-refractivity contribution in [3.8, 4) is 0 Å². The van der Waals surface area contributed by atoms with Crippen LogP contribution in [0, 0.1) is 6.92 Å². The number of nitrogens with zero attached hydrogens (tertiary/aromatic N) is 3. The predicted molar refractivity (Wildman–Crippen MR) is 57.3 cm³/mol. The molecule has 0 bridgehead atoms. The van der Waals surface area contributed by atoms with Crippen molar-refractivity contribution in [2.24, 2.45) is 7.05 Å². The van der Waals surface area contributed by atoms with E-state index in [0.29, 0.717) is 18.8 Å². The third-order valence-electron chi connectivity index (χ3n) is 2.82. The molecule has 0 radical (unpaired) electrons. The zero-order valence-corrected chi connectivity index (χ0v) is 10.1. The molecule has 1 fully saturated rings. The van der Waals surface area contributed by atoms with Gasteiger partial charge in [0.25, 0.3) is 10.0 Å². The minimum absolute atomic E-state index is 0.0570. The van der Waals surface area contributed by atoms with Gasteiger partial charge in [-0.05, 0) is 13.3 Å². The van der Waals surface area contributed by atoms with Crippen LogP contribution in [0.15, 0.2) is 11.2 Å². The van der Waals surface area contributed by atoms with Crippen LogP contribution >= 0.6 is 0 Å². The maximum absolute atomic E-state index is 12.1. The summed E-state index contributed by atoms with van der Waals surface area (Å²) in [6.07, 6.45) is 1.43. The van der Waals surface area contributed by atoms with E-state index in [-0.39, 0.29) is 11.6 Å². The molecule has 0 amide bonds. The Hall–Kier alpha value is -0.920. The van der Waals surface area contributed by atoms with Crippen LogP contribution in [-0.2, 0) is 17.1 Å². The van der Waals surface area contributed by atoms with Crippen LogP contribution in [0.5, 0.6) is 0 Å². The highest BCUT2D eigenvalue weighted by molar-refractivity contribution is 7.89. The van der Waals surface area contributed by atoms with Crippen molar-refractivity contribution in [3.63, 3.8) is 0 Å². The highest BCUT2D eigenvalue weighted by Crippen LogP contribution is 2.20. The van der Waals surface area contributed by atoms with E-state index in [2.05, 4.69) is 4.98 Å². The third-order valence-corrected chi connectivity index (χ3v) is 4.55. The van der Waals surface area contributed by atoms with Gasteiger partial charge < -0.3 is 9.67 Å². The van der Waals surface area contributed by atoms with Gasteiger partial charge in [-0.1, -0.05) is 0 Å². The van der Waals surface area contributed by atoms with Crippen molar-refractivity contribution >= 4 is 10.0 Å². The summed E-state index contributed by atoms with van der Waals surface area (Å²) < 4.78 is 27.1. The summed E-state index contributed by atoms with van der Waals surface area (Å²) in [7, 11) is -1.78. The lowest BCUT2D eigenvalue weighted by atomic mass is 10.3. The lowest BCUT2D eigenvalue weighted by molar-refractivity contribution is 0.189. The Bertz CT molecular complexity index is 475. The smallest absolute Gasteiger partial charge is 0.262 e. The molecule has 0 saturated carbocycles. The SMILES string of the molecule is Cc1nc(S(=O)(=O)N2CCC(O)C2)cn1C. The van der Waals surface area contributed by atoms with Crippen LogP contribution in [0.4, 0.5) is 0 Å². The van der Waals surface area contributed by atoms with Crippen molar-refractivity contribution in [2.75, 3.05) is 13.1 Å². The molecule has 0 spiro atoms. The van der Waals surface area contributed by atoms with E-state index < -0.39 is 16.1 Å². The second-order valence-corrected chi connectivity index (χ2v) is 5.93. The van der Waals surface area contributed by atoms with Crippen molar-refractivity contribution in [3.05, 3.63) is 12.0 Å². The topological polar surface area (TPSA) is 75.4 Å². The minimum atomic E-state index is -3.53. The van der Waals surface area contributed by atoms with E-state index in [9.17, 15) is 13.5 Å². The first kappa shape index (κ1) is 11.6. The summed E-state index contributed by atoms with van der Waals surface area (Å²) in [5.41, 5.74) is 0. The van der Waals surface area contributed by atoms with Gasteiger partial charge in [-0.15, -0.1) is 0 Å². The molecular formula is C9H15N3O3S. The third kappa shape index (κ3) is 1.85. The van der Waals surface area contributed by atoms with Crippen molar-refractivity contribution in [2.45, 2.75) is 24.5 Å². The molecular weight excluding hydrogens is 230 g/mol. The number of aryl methyl sites for hydroxylation is 2. The van der Waals surface area contributed by atoms with Crippen LogP contribution in [-0.4, -0.2) is 46.6 Å². The number of aliphatic hydroxyl groups excluding tert-OH is 1. The zero-order valence-electron chi connectivity index (χ0n) is 9.29. The van der Waals surface area contributed by atoms with E-state index >= 15 is 0 Å². The number of β-amino-alcohol motifs (C(OH)–C–C–N with tert-alkyl or cyclic N) is 1. The predicted octanol–water partition coefficient (Wildman–Crippen LogP) is -0.516. The summed E-state index contributed by atoms with van der Waals surface area (Å²) in [5.74, 6) is 0.651. The van der Waals surface area contributed by atoms with Gasteiger partial charge in [-0.2, -0.15) is 4.31 Å². The fourth-order valence-electron chi connectivity index (χ4n) is 1.71. The standard InChI is InChI=1S/C9H15N3O3S/c1-7-10-9(6-11(7)2)16(14,15)12-4-3-8(13)5-12/h6,8,13H,3-5H2,1-2H3. The molecule has 1 aromatic heterocycles. The normalized spacial score (nSPS) is 22.8. The molecule has 1 unspecified atom stereocenters. The number of hydrogen-bond donors (Lipinski definition) is 1. The maximum Gasteiger partial charge on any atom is 0.262 e. The molecule has 1 saturated heterocycles. The van der Waals surface area contributed by atoms with Gasteiger partial charge in [-0.25, -0.2) is 13.4 Å². The minimum Gasteiger partial charge on any atom is -0.392 e. The van der Waals surface area contributed by atoms with Crippen LogP contribution in [0.3, 0.4) is 0 Å². The number of imidazole rings is 1. The quantitative estimate of drug-likeness (QED) is 0.761. The average Bonchev–Trinajstić information content (AvgIpc) is 2.75. The van der Waals surface area contributed by atoms with Gasteiger partial charge in [-0.3, -0.25) is 0 Å². The molecule has 7 heteroatoms. The van der Waals surface area contributed by atoms with E-state index in [1.807, 2.05) is 0 Å². The molecule has 2 heterocycles. The molecule has 6 nitrogen and oxygen atoms in total. The molecule has 1 atom stereocenters. The first-order valence-electron chi connectivity index (χ1n) is 5.09. The van der Waals surface area contributed by atoms with E-state index in [1.54, 1.807) is 18.5 Å². The van der Waals surface area contributed by atoms with Gasteiger partial charge in [0, 0.05) is 26.3 Å². The largest absolute Gasteiger partial charge is 0.392 e. The van der Waals surface area contributed by atoms with Crippen LogP contribution < -0.4 is 0 Å². The summed E-state index contributed by atoms with van der Waals surface area (Å²) in [6.45, 7) is 2.27. The van der Waals surface area contributed by atoms with Crippen LogP contribution in [0.1, 0.15) is 12.2 Å². The first-order chi connectivity index (χ1) is 7.41. The molecule has 1 aliphatic heterocycles. The Labute approximate surface area is 94.6 Å². The Morgan fingerprint density at radius 1 is 1.56 bits per heavy atom. The average molecular weight is 245 g/mol. The van der Waals surface area contributed by atoms with E-state index in [4.69, 9.17) is 0 Å². The second kappa shape index (κ2) is 3.83. The first-order valence-corrected chi connectivity index (χ1v) is 6.53. The highest BCUT2D eigenvalue weighted by atomic mass is 32.2. The fourth-order valence-corrected chi connectivity index (χ4v) is 3.23. The zero-order chi connectivity index (χ0) is 11.9. The van der Waals surface area contributed by atoms with Crippen LogP contribution in [0.2, 0.25) is 0 Å². The highest BCUT2D eigenvalue weighted by Gasteiger charge is 2.33. The van der Waals surface area contributed by atoms with Crippen LogP contribution in [0.25, 0.3) is 0 Å². The van der Waals surface area contributed by atoms with Crippen molar-refractivity contribution < 1.29 is 13.5 Å². The number of rotatable bonds is 2. The molecule has 0 aliphatic carbocycles. The second-order valence-electron chi connectivity index (χ2n) is 4.04. The number of aromatic nitrogens is 2. The molecule has 90 valence electrons. The van der Waals surface area contributed by atoms with Gasteiger partial charge in [0.2, 0.25) is 0 Å². The maximum atomic E-state index is 12.1. The van der Waals surface area contributed by atoms with E-state index in [1.165, 1.54) is 10.5 Å². The number of hydrogen-bond acceptors (Lipinski definition) is 4.